The summed E-state index contributed by atoms with van der Waals surface area (Å²) in [5.41, 5.74) is 10.3. The summed E-state index contributed by atoms with van der Waals surface area (Å²) in [5, 5.41) is 11.2. The van der Waals surface area contributed by atoms with Gasteiger partial charge in [0.2, 0.25) is 0 Å². The molecule has 4 aliphatic rings. The van der Waals surface area contributed by atoms with E-state index in [2.05, 4.69) is 75.3 Å². The van der Waals surface area contributed by atoms with Crippen LogP contribution in [0.25, 0.3) is 43.2 Å². The molecule has 5 atom stereocenters. The van der Waals surface area contributed by atoms with Gasteiger partial charge in [0.05, 0.1) is 39.9 Å². The van der Waals surface area contributed by atoms with E-state index >= 15 is 0 Å². The third kappa shape index (κ3) is 4.11. The van der Waals surface area contributed by atoms with E-state index in [9.17, 15) is 0 Å². The largest absolute Gasteiger partial charge is 0.341 e. The molecule has 3 saturated heterocycles. The van der Waals surface area contributed by atoms with Gasteiger partial charge in [-0.1, -0.05) is 25.1 Å². The first-order valence-corrected chi connectivity index (χ1v) is 16.5. The highest BCUT2D eigenvalue weighted by atomic mass is 32.1. The number of fused-ring (bicyclic) bond motifs is 6. The molecule has 8 heteroatoms. The number of aromatic nitrogens is 4. The number of nitrogens with zero attached hydrogens (tertiary/aromatic N) is 2. The lowest BCUT2D eigenvalue weighted by atomic mass is 9.88. The topological polar surface area (TPSA) is 93.4 Å². The molecule has 2 bridgehead atoms. The summed E-state index contributed by atoms with van der Waals surface area (Å²) >= 11 is 1.88. The van der Waals surface area contributed by atoms with Crippen molar-refractivity contribution in [2.75, 3.05) is 13.1 Å². The number of aromatic amines is 2. The second kappa shape index (κ2) is 9.88. The Labute approximate surface area is 250 Å². The van der Waals surface area contributed by atoms with E-state index in [0.717, 1.165) is 54.3 Å². The molecule has 7 nitrogen and oxygen atoms in total. The third-order valence-electron chi connectivity index (χ3n) is 9.99. The highest BCUT2D eigenvalue weighted by Crippen LogP contribution is 2.53. The Morgan fingerprint density at radius 2 is 1.50 bits per heavy atom. The van der Waals surface area contributed by atoms with Gasteiger partial charge >= 0.3 is 0 Å². The predicted octanol–water partition coefficient (Wildman–Crippen LogP) is 7.31. The monoisotopic (exact) mass is 575 g/mol. The minimum atomic E-state index is 0.345. The highest BCUT2D eigenvalue weighted by molar-refractivity contribution is 7.18. The first-order valence-electron chi connectivity index (χ1n) is 15.7. The number of nitrogens with one attached hydrogen (secondary N) is 5. The third-order valence-corrected chi connectivity index (χ3v) is 11.1. The van der Waals surface area contributed by atoms with Crippen LogP contribution in [0.5, 0.6) is 0 Å². The molecule has 0 radical (unpaired) electrons. The maximum absolute atomic E-state index is 4.93. The van der Waals surface area contributed by atoms with Crippen LogP contribution in [0.3, 0.4) is 0 Å². The van der Waals surface area contributed by atoms with Crippen molar-refractivity contribution in [3.8, 4) is 32.1 Å². The van der Waals surface area contributed by atoms with E-state index in [1.807, 2.05) is 17.5 Å². The minimum absolute atomic E-state index is 0.345. The molecule has 4 aliphatic heterocycles. The molecular weight excluding hydrogens is 538 g/mol. The molecule has 7 heterocycles. The van der Waals surface area contributed by atoms with Crippen LogP contribution >= 0.6 is 11.3 Å². The molecule has 0 amide bonds. The van der Waals surface area contributed by atoms with E-state index in [1.165, 1.54) is 63.3 Å². The quantitative estimate of drug-likeness (QED) is 0.152. The molecule has 5 aromatic rings. The summed E-state index contributed by atoms with van der Waals surface area (Å²) in [5.74, 6) is 2.84. The van der Waals surface area contributed by atoms with Gasteiger partial charge < -0.3 is 25.9 Å². The van der Waals surface area contributed by atoms with Crippen LogP contribution in [-0.2, 0) is 0 Å². The summed E-state index contributed by atoms with van der Waals surface area (Å²) in [6.07, 6.45) is 9.12. The maximum Gasteiger partial charge on any atom is 0.124 e. The minimum Gasteiger partial charge on any atom is -0.341 e. The second-order valence-corrected chi connectivity index (χ2v) is 13.9. The number of hydrogen-bond acceptors (Lipinski definition) is 6. The Bertz CT molecular complexity index is 1780. The molecule has 214 valence electrons. The van der Waals surface area contributed by atoms with Gasteiger partial charge in [0, 0.05) is 17.0 Å². The van der Waals surface area contributed by atoms with E-state index in [4.69, 9.17) is 9.97 Å². The standard InChI is InChI=1S/C34H37N7S/c1-18-14-26-31-20(19-6-9-22-25(16-19)40-34(39-22)24-5-3-13-36-24)7-8-21(32(31)27(15-18)38-26)29-10-11-30(42-29)28-17-37-33(41-28)23-4-2-12-35-23/h6-11,16-18,23-24,26-27,35-36,38H,2-5,12-15H2,1H3,(H,37,41)(H,39,40)/t18?,23-,24-,26?,27?/m0/s1. The van der Waals surface area contributed by atoms with Crippen molar-refractivity contribution in [1.82, 2.24) is 35.9 Å². The van der Waals surface area contributed by atoms with Gasteiger partial charge in [-0.25, -0.2) is 9.97 Å². The first-order chi connectivity index (χ1) is 20.7. The van der Waals surface area contributed by atoms with Gasteiger partial charge in [0.1, 0.15) is 11.6 Å². The Hall–Kier alpha value is -3.30. The van der Waals surface area contributed by atoms with Crippen LogP contribution in [0.1, 0.15) is 92.4 Å². The van der Waals surface area contributed by atoms with Crippen molar-refractivity contribution in [3.05, 3.63) is 71.4 Å². The van der Waals surface area contributed by atoms with Crippen molar-refractivity contribution < 1.29 is 0 Å². The number of benzene rings is 2. The van der Waals surface area contributed by atoms with E-state index in [1.54, 1.807) is 0 Å². The zero-order valence-electron chi connectivity index (χ0n) is 24.0. The number of H-pyrrole nitrogens is 2. The SMILES string of the molecule is CC1CC2NC(C1)c1c(-c3ccc(-c4cnc([C@@H]5CCCN5)[nH]4)s3)ccc(-c3ccc4nc([C@@H]5CCCN5)[nH]c4c3)c12. The van der Waals surface area contributed by atoms with Crippen LogP contribution < -0.4 is 16.0 Å². The summed E-state index contributed by atoms with van der Waals surface area (Å²) in [6.45, 7) is 4.57. The van der Waals surface area contributed by atoms with Gasteiger partial charge in [0.25, 0.3) is 0 Å². The van der Waals surface area contributed by atoms with Gasteiger partial charge in [0.15, 0.2) is 0 Å². The lowest BCUT2D eigenvalue weighted by Gasteiger charge is -2.27. The average Bonchev–Trinajstić information content (AvgIpc) is 3.85. The molecule has 0 saturated carbocycles. The van der Waals surface area contributed by atoms with Crippen LogP contribution in [0, 0.1) is 5.92 Å². The van der Waals surface area contributed by atoms with Gasteiger partial charge in [-0.05, 0) is 110 Å². The van der Waals surface area contributed by atoms with Crippen molar-refractivity contribution >= 4 is 22.4 Å². The number of piperidine rings is 1. The van der Waals surface area contributed by atoms with Gasteiger partial charge in [-0.3, -0.25) is 0 Å². The fourth-order valence-corrected chi connectivity index (χ4v) is 9.01. The number of rotatable bonds is 5. The van der Waals surface area contributed by atoms with Crippen LogP contribution in [0.4, 0.5) is 0 Å². The zero-order chi connectivity index (χ0) is 27.8. The number of imidazole rings is 2. The smallest absolute Gasteiger partial charge is 0.124 e. The Balaban J connectivity index is 1.11. The van der Waals surface area contributed by atoms with Gasteiger partial charge in [-0.2, -0.15) is 0 Å². The molecule has 3 unspecified atom stereocenters. The second-order valence-electron chi connectivity index (χ2n) is 12.8. The van der Waals surface area contributed by atoms with Crippen molar-refractivity contribution in [3.63, 3.8) is 0 Å². The molecule has 3 fully saturated rings. The maximum atomic E-state index is 4.93. The molecule has 42 heavy (non-hydrogen) atoms. The summed E-state index contributed by atoms with van der Waals surface area (Å²) < 4.78 is 0. The zero-order valence-corrected chi connectivity index (χ0v) is 24.8. The Kier molecular flexibility index (Phi) is 5.93. The molecular formula is C34H37N7S. The summed E-state index contributed by atoms with van der Waals surface area (Å²) in [4.78, 5) is 19.5. The van der Waals surface area contributed by atoms with E-state index in [0.29, 0.717) is 30.1 Å². The molecule has 0 spiro atoms. The molecule has 9 rings (SSSR count). The molecule has 2 aromatic carbocycles. The summed E-state index contributed by atoms with van der Waals surface area (Å²) in [7, 11) is 0. The van der Waals surface area contributed by atoms with Crippen molar-refractivity contribution in [1.29, 1.82) is 0 Å². The van der Waals surface area contributed by atoms with E-state index < -0.39 is 0 Å². The van der Waals surface area contributed by atoms with Gasteiger partial charge in [-0.15, -0.1) is 11.3 Å². The number of thiophene rings is 1. The Morgan fingerprint density at radius 3 is 2.29 bits per heavy atom. The van der Waals surface area contributed by atoms with Crippen LogP contribution in [0.15, 0.2) is 48.7 Å². The predicted molar refractivity (Wildman–Crippen MR) is 169 cm³/mol. The number of hydrogen-bond donors (Lipinski definition) is 5. The van der Waals surface area contributed by atoms with Crippen LogP contribution in [-0.4, -0.2) is 33.0 Å². The Morgan fingerprint density at radius 1 is 0.762 bits per heavy atom. The molecule has 0 aliphatic carbocycles. The summed E-state index contributed by atoms with van der Waals surface area (Å²) in [6, 6.07) is 17.6. The van der Waals surface area contributed by atoms with Crippen molar-refractivity contribution in [2.24, 2.45) is 5.92 Å². The molecule has 5 N–H and O–H groups in total. The highest BCUT2D eigenvalue weighted by Gasteiger charge is 2.40. The fraction of sp³-hybridized carbons (Fsp3) is 0.412. The lowest BCUT2D eigenvalue weighted by Crippen LogP contribution is -2.27. The van der Waals surface area contributed by atoms with Crippen molar-refractivity contribution in [2.45, 2.75) is 69.6 Å². The normalized spacial score (nSPS) is 26.8. The molecule has 3 aromatic heterocycles. The van der Waals surface area contributed by atoms with Crippen LogP contribution in [0.2, 0.25) is 0 Å². The average molecular weight is 576 g/mol. The van der Waals surface area contributed by atoms with E-state index in [-0.39, 0.29) is 0 Å². The fourth-order valence-electron chi connectivity index (χ4n) is 8.00. The lowest BCUT2D eigenvalue weighted by molar-refractivity contribution is 0.291. The first kappa shape index (κ1) is 25.2.